The van der Waals surface area contributed by atoms with Crippen molar-refractivity contribution in [3.05, 3.63) is 27.7 Å². The first kappa shape index (κ1) is 21.0. The molecular weight excluding hydrogens is 476 g/mol. The lowest BCUT2D eigenvalue weighted by Crippen LogP contribution is -2.49. The molecule has 4 rings (SSSR count). The summed E-state index contributed by atoms with van der Waals surface area (Å²) in [5.74, 6) is 1.65. The molecule has 0 aliphatic carbocycles. The lowest BCUT2D eigenvalue weighted by Gasteiger charge is -2.35. The van der Waals surface area contributed by atoms with Gasteiger partial charge in [-0.2, -0.15) is 9.29 Å². The molecule has 2 aromatic rings. The van der Waals surface area contributed by atoms with E-state index >= 15 is 0 Å². The summed E-state index contributed by atoms with van der Waals surface area (Å²) in [6.07, 6.45) is 0. The molecule has 158 valence electrons. The lowest BCUT2D eigenvalue weighted by molar-refractivity contribution is 0.312. The molecular formula is C18H25BrN6O2S2. The van der Waals surface area contributed by atoms with E-state index in [4.69, 9.17) is 4.98 Å². The topological polar surface area (TPSA) is 72.9 Å². The van der Waals surface area contributed by atoms with Crippen molar-refractivity contribution < 1.29 is 8.42 Å². The maximum Gasteiger partial charge on any atom is 0.252 e. The standard InChI is InChI=1S/C18H25BrN6O2S2/c1-14-13-16(23-7-5-22(2)6-8-23)21-18(20-14)24-9-11-25(12-10-24)29(26,27)17-4-3-15(19)28-17/h3-4,13H,5-12H2,1-2H3. The number of hydrogen-bond acceptors (Lipinski definition) is 8. The van der Waals surface area contributed by atoms with Crippen molar-refractivity contribution in [3.63, 3.8) is 0 Å². The number of nitrogens with zero attached hydrogens (tertiary/aromatic N) is 6. The summed E-state index contributed by atoms with van der Waals surface area (Å²) in [4.78, 5) is 16.1. The van der Waals surface area contributed by atoms with Crippen molar-refractivity contribution in [2.24, 2.45) is 0 Å². The third-order valence-electron chi connectivity index (χ3n) is 5.32. The van der Waals surface area contributed by atoms with E-state index in [1.165, 1.54) is 11.3 Å². The highest BCUT2D eigenvalue weighted by atomic mass is 79.9. The van der Waals surface area contributed by atoms with Gasteiger partial charge in [-0.25, -0.2) is 13.4 Å². The fourth-order valence-electron chi connectivity index (χ4n) is 3.57. The number of aryl methyl sites for hydroxylation is 1. The normalized spacial score (nSPS) is 19.7. The number of hydrogen-bond donors (Lipinski definition) is 0. The summed E-state index contributed by atoms with van der Waals surface area (Å²) in [7, 11) is -1.31. The van der Waals surface area contributed by atoms with Crippen molar-refractivity contribution >= 4 is 49.1 Å². The molecule has 2 fully saturated rings. The van der Waals surface area contributed by atoms with E-state index < -0.39 is 10.0 Å². The summed E-state index contributed by atoms with van der Waals surface area (Å²) in [5.41, 5.74) is 0.933. The minimum Gasteiger partial charge on any atom is -0.354 e. The summed E-state index contributed by atoms with van der Waals surface area (Å²) in [6.45, 7) is 7.96. The Morgan fingerprint density at radius 3 is 2.24 bits per heavy atom. The Morgan fingerprint density at radius 2 is 1.62 bits per heavy atom. The highest BCUT2D eigenvalue weighted by molar-refractivity contribution is 9.11. The molecule has 0 spiro atoms. The molecule has 0 saturated carbocycles. The zero-order valence-corrected chi connectivity index (χ0v) is 19.8. The van der Waals surface area contributed by atoms with Crippen LogP contribution in [-0.2, 0) is 10.0 Å². The van der Waals surface area contributed by atoms with Crippen LogP contribution in [0.2, 0.25) is 0 Å². The van der Waals surface area contributed by atoms with E-state index in [9.17, 15) is 8.42 Å². The first-order chi connectivity index (χ1) is 13.8. The fraction of sp³-hybridized carbons (Fsp3) is 0.556. The molecule has 4 heterocycles. The van der Waals surface area contributed by atoms with Crippen LogP contribution >= 0.6 is 27.3 Å². The minimum absolute atomic E-state index is 0.377. The van der Waals surface area contributed by atoms with Crippen molar-refractivity contribution in [2.45, 2.75) is 11.1 Å². The van der Waals surface area contributed by atoms with Gasteiger partial charge in [0.15, 0.2) is 0 Å². The monoisotopic (exact) mass is 500 g/mol. The molecule has 0 radical (unpaired) electrons. The predicted octanol–water partition coefficient (Wildman–Crippen LogP) is 1.87. The quantitative estimate of drug-likeness (QED) is 0.634. The molecule has 0 unspecified atom stereocenters. The van der Waals surface area contributed by atoms with E-state index in [1.807, 2.05) is 13.0 Å². The zero-order chi connectivity index (χ0) is 20.6. The maximum absolute atomic E-state index is 12.8. The van der Waals surface area contributed by atoms with E-state index in [0.29, 0.717) is 36.3 Å². The van der Waals surface area contributed by atoms with Crippen LogP contribution < -0.4 is 9.80 Å². The van der Waals surface area contributed by atoms with Gasteiger partial charge in [0.25, 0.3) is 10.0 Å². The molecule has 11 heteroatoms. The van der Waals surface area contributed by atoms with Gasteiger partial charge in [-0.1, -0.05) is 0 Å². The lowest BCUT2D eigenvalue weighted by atomic mass is 10.3. The number of aromatic nitrogens is 2. The van der Waals surface area contributed by atoms with E-state index in [0.717, 1.165) is 41.5 Å². The average Bonchev–Trinajstić information content (AvgIpc) is 3.15. The Hall–Kier alpha value is -1.27. The summed E-state index contributed by atoms with van der Waals surface area (Å²) >= 11 is 4.59. The zero-order valence-electron chi connectivity index (χ0n) is 16.6. The Labute approximate surface area is 184 Å². The Balaban J connectivity index is 1.46. The summed E-state index contributed by atoms with van der Waals surface area (Å²) < 4.78 is 28.4. The third kappa shape index (κ3) is 4.58. The molecule has 0 atom stereocenters. The molecule has 0 N–H and O–H groups in total. The summed E-state index contributed by atoms with van der Waals surface area (Å²) in [6, 6.07) is 5.46. The van der Waals surface area contributed by atoms with Crippen LogP contribution in [0.4, 0.5) is 11.8 Å². The van der Waals surface area contributed by atoms with E-state index in [-0.39, 0.29) is 0 Å². The van der Waals surface area contributed by atoms with Gasteiger partial charge in [0.1, 0.15) is 10.0 Å². The molecule has 2 aliphatic rings. The van der Waals surface area contributed by atoms with Gasteiger partial charge >= 0.3 is 0 Å². The van der Waals surface area contributed by atoms with Crippen LogP contribution in [-0.4, -0.2) is 87.0 Å². The van der Waals surface area contributed by atoms with Crippen LogP contribution in [0.5, 0.6) is 0 Å². The number of rotatable bonds is 4. The second kappa shape index (κ2) is 8.46. The number of anilines is 2. The molecule has 2 aliphatic heterocycles. The van der Waals surface area contributed by atoms with Gasteiger partial charge in [0, 0.05) is 64.1 Å². The number of likely N-dealkylation sites (N-methyl/N-ethyl adjacent to an activating group) is 1. The highest BCUT2D eigenvalue weighted by Crippen LogP contribution is 2.29. The van der Waals surface area contributed by atoms with Gasteiger partial charge in [0.2, 0.25) is 5.95 Å². The number of piperazine rings is 2. The molecule has 2 aromatic heterocycles. The minimum atomic E-state index is -3.44. The Morgan fingerprint density at radius 1 is 0.966 bits per heavy atom. The number of thiophene rings is 1. The first-order valence-corrected chi connectivity index (χ1v) is 12.7. The largest absolute Gasteiger partial charge is 0.354 e. The average molecular weight is 501 g/mol. The Bertz CT molecular complexity index is 966. The summed E-state index contributed by atoms with van der Waals surface area (Å²) in [5, 5.41) is 0. The van der Waals surface area contributed by atoms with Gasteiger partial charge in [-0.15, -0.1) is 11.3 Å². The van der Waals surface area contributed by atoms with Crippen LogP contribution in [0, 0.1) is 6.92 Å². The number of sulfonamides is 1. The molecule has 8 nitrogen and oxygen atoms in total. The molecule has 0 aromatic carbocycles. The molecule has 2 saturated heterocycles. The van der Waals surface area contributed by atoms with Gasteiger partial charge in [-0.05, 0) is 42.0 Å². The fourth-order valence-corrected chi connectivity index (χ4v) is 7.15. The smallest absolute Gasteiger partial charge is 0.252 e. The molecule has 0 amide bonds. The van der Waals surface area contributed by atoms with Crippen molar-refractivity contribution in [1.29, 1.82) is 0 Å². The van der Waals surface area contributed by atoms with E-state index in [1.54, 1.807) is 16.4 Å². The third-order valence-corrected chi connectivity index (χ3v) is 9.31. The SMILES string of the molecule is Cc1cc(N2CCN(C)CC2)nc(N2CCN(S(=O)(=O)c3ccc(Br)s3)CC2)n1. The molecule has 0 bridgehead atoms. The first-order valence-electron chi connectivity index (χ1n) is 9.62. The van der Waals surface area contributed by atoms with Crippen molar-refractivity contribution in [3.8, 4) is 0 Å². The number of halogens is 1. The van der Waals surface area contributed by atoms with E-state index in [2.05, 4.69) is 42.7 Å². The van der Waals surface area contributed by atoms with Crippen molar-refractivity contribution in [1.82, 2.24) is 19.2 Å². The second-order valence-electron chi connectivity index (χ2n) is 7.41. The van der Waals surface area contributed by atoms with Crippen LogP contribution in [0.15, 0.2) is 26.2 Å². The highest BCUT2D eigenvalue weighted by Gasteiger charge is 2.30. The van der Waals surface area contributed by atoms with Gasteiger partial charge in [-0.3, -0.25) is 0 Å². The van der Waals surface area contributed by atoms with Crippen molar-refractivity contribution in [2.75, 3.05) is 69.2 Å². The predicted molar refractivity (Wildman–Crippen MR) is 119 cm³/mol. The Kier molecular flexibility index (Phi) is 6.12. The van der Waals surface area contributed by atoms with Crippen LogP contribution in [0.3, 0.4) is 0 Å². The van der Waals surface area contributed by atoms with Crippen LogP contribution in [0.1, 0.15) is 5.69 Å². The van der Waals surface area contributed by atoms with Crippen LogP contribution in [0.25, 0.3) is 0 Å². The van der Waals surface area contributed by atoms with Gasteiger partial charge < -0.3 is 14.7 Å². The molecule has 29 heavy (non-hydrogen) atoms. The second-order valence-corrected chi connectivity index (χ2v) is 12.0. The van der Waals surface area contributed by atoms with Gasteiger partial charge in [0.05, 0.1) is 3.79 Å². The maximum atomic E-state index is 12.8.